The van der Waals surface area contributed by atoms with Crippen LogP contribution in [0.5, 0.6) is 5.75 Å². The van der Waals surface area contributed by atoms with Crippen LogP contribution >= 0.6 is 0 Å². The van der Waals surface area contributed by atoms with Crippen LogP contribution in [0.25, 0.3) is 27.9 Å². The number of ether oxygens (including phenoxy) is 1. The molecule has 6 heterocycles. The van der Waals surface area contributed by atoms with E-state index in [-0.39, 0.29) is 58.5 Å². The van der Waals surface area contributed by atoms with Gasteiger partial charge in [0.2, 0.25) is 23.9 Å². The number of carbonyl (C=O) groups excluding carboxylic acids is 2. The quantitative estimate of drug-likeness (QED) is 0.0733. The van der Waals surface area contributed by atoms with Gasteiger partial charge in [-0.15, -0.1) is 5.10 Å². The van der Waals surface area contributed by atoms with Gasteiger partial charge in [0, 0.05) is 79.3 Å². The molecule has 1 saturated heterocycles. The number of pyridine rings is 1. The SMILES string of the molecule is CNC(=O)CCN(C=O)c1nn(C)c2nc(N3CCN(C(O)(O)c4cccc(S(=O)c5ccc(Nc6nc7c(OC(C)C)c(-c8cn[nH]c8)ncn7n6)c(F)c5)c4)C(C)(C)C3)ccc12. The number of nitrogens with zero attached hydrogens (tertiary/aromatic N) is 11. The van der Waals surface area contributed by atoms with Crippen LogP contribution in [-0.2, 0) is 33.3 Å². The Morgan fingerprint density at radius 2 is 1.89 bits per heavy atom. The molecule has 0 spiro atoms. The van der Waals surface area contributed by atoms with Gasteiger partial charge in [0.25, 0.3) is 5.91 Å². The molecule has 5 aromatic heterocycles. The maximum atomic E-state index is 15.7. The predicted octanol–water partition coefficient (Wildman–Crippen LogP) is 3.43. The molecule has 1 unspecified atom stereocenters. The van der Waals surface area contributed by atoms with Gasteiger partial charge in [0.05, 0.1) is 34.2 Å². The van der Waals surface area contributed by atoms with Crippen LogP contribution in [0.3, 0.4) is 0 Å². The fraction of sp³-hybridized carbons (Fsp3) is 0.333. The van der Waals surface area contributed by atoms with Crippen molar-refractivity contribution in [2.24, 2.45) is 7.05 Å². The molecule has 0 aliphatic carbocycles. The third kappa shape index (κ3) is 8.46. The lowest BCUT2D eigenvalue weighted by Gasteiger charge is -2.52. The Morgan fingerprint density at radius 1 is 1.09 bits per heavy atom. The van der Waals surface area contributed by atoms with Gasteiger partial charge < -0.3 is 30.5 Å². The zero-order valence-corrected chi connectivity index (χ0v) is 36.7. The third-order valence-electron chi connectivity index (χ3n) is 10.8. The van der Waals surface area contributed by atoms with E-state index in [1.165, 1.54) is 47.1 Å². The lowest BCUT2D eigenvalue weighted by Crippen LogP contribution is -2.66. The lowest BCUT2D eigenvalue weighted by molar-refractivity contribution is -0.301. The molecular weight excluding hydrogens is 848 g/mol. The average molecular weight is 895 g/mol. The smallest absolute Gasteiger partial charge is 0.253 e. The first-order chi connectivity index (χ1) is 30.6. The monoisotopic (exact) mass is 894 g/mol. The molecule has 2 aromatic carbocycles. The first kappa shape index (κ1) is 43.8. The molecule has 64 heavy (non-hydrogen) atoms. The second-order valence-electron chi connectivity index (χ2n) is 16.1. The molecule has 0 bridgehead atoms. The molecule has 1 aliphatic heterocycles. The maximum Gasteiger partial charge on any atom is 0.253 e. The number of hydrogen-bond acceptors (Lipinski definition) is 15. The van der Waals surface area contributed by atoms with Gasteiger partial charge in [0.15, 0.2) is 17.2 Å². The molecule has 1 atom stereocenters. The molecule has 0 saturated carbocycles. The summed E-state index contributed by atoms with van der Waals surface area (Å²) in [5, 5.41) is 45.4. The number of nitrogens with one attached hydrogen (secondary N) is 3. The van der Waals surface area contributed by atoms with Crippen LogP contribution in [-0.4, -0.2) is 121 Å². The van der Waals surface area contributed by atoms with Gasteiger partial charge in [-0.1, -0.05) is 12.1 Å². The molecule has 22 heteroatoms. The Bertz CT molecular complexity index is 2880. The number of piperazine rings is 1. The van der Waals surface area contributed by atoms with E-state index < -0.39 is 28.1 Å². The number of amides is 2. The van der Waals surface area contributed by atoms with E-state index in [0.29, 0.717) is 64.8 Å². The molecule has 1 aliphatic rings. The summed E-state index contributed by atoms with van der Waals surface area (Å²) >= 11 is 0. The van der Waals surface area contributed by atoms with Crippen LogP contribution < -0.4 is 25.2 Å². The molecule has 0 radical (unpaired) electrons. The highest BCUT2D eigenvalue weighted by molar-refractivity contribution is 7.85. The maximum absolute atomic E-state index is 15.7. The molecule has 7 aromatic rings. The van der Waals surface area contributed by atoms with Gasteiger partial charge >= 0.3 is 0 Å². The van der Waals surface area contributed by atoms with Gasteiger partial charge in [-0.25, -0.2) is 28.1 Å². The Morgan fingerprint density at radius 3 is 2.59 bits per heavy atom. The van der Waals surface area contributed by atoms with E-state index in [9.17, 15) is 24.0 Å². The van der Waals surface area contributed by atoms with E-state index >= 15 is 4.39 Å². The topological polar surface area (TPSA) is 237 Å². The van der Waals surface area contributed by atoms with Crippen molar-refractivity contribution in [1.82, 2.24) is 54.8 Å². The largest absolute Gasteiger partial charge is 0.485 e. The second-order valence-corrected chi connectivity index (χ2v) is 17.6. The van der Waals surface area contributed by atoms with E-state index in [4.69, 9.17) is 9.72 Å². The van der Waals surface area contributed by atoms with Crippen LogP contribution in [0.15, 0.2) is 83.1 Å². The highest BCUT2D eigenvalue weighted by Crippen LogP contribution is 2.37. The van der Waals surface area contributed by atoms with Crippen LogP contribution in [0, 0.1) is 5.82 Å². The fourth-order valence-electron chi connectivity index (χ4n) is 7.74. The number of hydrogen-bond donors (Lipinski definition) is 5. The van der Waals surface area contributed by atoms with Crippen molar-refractivity contribution in [2.75, 3.05) is 48.3 Å². The van der Waals surface area contributed by atoms with E-state index in [0.717, 1.165) is 6.07 Å². The van der Waals surface area contributed by atoms with Crippen molar-refractivity contribution < 1.29 is 33.1 Å². The molecule has 2 amide bonds. The van der Waals surface area contributed by atoms with Gasteiger partial charge in [-0.2, -0.15) is 19.7 Å². The van der Waals surface area contributed by atoms with Crippen molar-refractivity contribution in [3.05, 3.63) is 84.7 Å². The lowest BCUT2D eigenvalue weighted by atomic mass is 9.95. The van der Waals surface area contributed by atoms with E-state index in [1.54, 1.807) is 41.2 Å². The summed E-state index contributed by atoms with van der Waals surface area (Å²) in [4.78, 5) is 43.0. The summed E-state index contributed by atoms with van der Waals surface area (Å²) in [6, 6.07) is 13.9. The average Bonchev–Trinajstić information content (AvgIpc) is 4.03. The summed E-state index contributed by atoms with van der Waals surface area (Å²) in [6.07, 6.45) is 5.30. The van der Waals surface area contributed by atoms with E-state index in [2.05, 4.69) is 41.0 Å². The van der Waals surface area contributed by atoms with Gasteiger partial charge in [0.1, 0.15) is 23.7 Å². The van der Waals surface area contributed by atoms with Crippen molar-refractivity contribution in [3.8, 4) is 17.0 Å². The van der Waals surface area contributed by atoms with Crippen molar-refractivity contribution in [3.63, 3.8) is 0 Å². The summed E-state index contributed by atoms with van der Waals surface area (Å²) in [5.41, 5.74) is 1.37. The number of H-pyrrole nitrogens is 1. The number of rotatable bonds is 15. The summed E-state index contributed by atoms with van der Waals surface area (Å²) in [7, 11) is 1.35. The van der Waals surface area contributed by atoms with Crippen molar-refractivity contribution >= 4 is 63.1 Å². The normalized spacial score (nSPS) is 14.9. The minimum atomic E-state index is -2.48. The first-order valence-electron chi connectivity index (χ1n) is 20.3. The summed E-state index contributed by atoms with van der Waals surface area (Å²) in [5.74, 6) is -1.93. The number of carbonyl (C=O) groups is 2. The number of aromatic nitrogens is 9. The second kappa shape index (κ2) is 17.4. The number of anilines is 4. The molecule has 20 nitrogen and oxygen atoms in total. The summed E-state index contributed by atoms with van der Waals surface area (Å²) < 4.78 is 38.7. The van der Waals surface area contributed by atoms with Crippen LogP contribution in [0.2, 0.25) is 0 Å². The highest BCUT2D eigenvalue weighted by Gasteiger charge is 2.46. The van der Waals surface area contributed by atoms with Crippen molar-refractivity contribution in [2.45, 2.75) is 61.5 Å². The van der Waals surface area contributed by atoms with Gasteiger partial charge in [-0.05, 0) is 70.2 Å². The van der Waals surface area contributed by atoms with Crippen LogP contribution in [0.1, 0.15) is 39.7 Å². The minimum Gasteiger partial charge on any atom is -0.485 e. The number of benzene rings is 2. The highest BCUT2D eigenvalue weighted by atomic mass is 32.2. The predicted molar refractivity (Wildman–Crippen MR) is 235 cm³/mol. The first-order valence-corrected chi connectivity index (χ1v) is 21.5. The molecule has 334 valence electrons. The Hall–Kier alpha value is -6.88. The molecular formula is C42H47FN14O6S. The zero-order valence-electron chi connectivity index (χ0n) is 35.9. The van der Waals surface area contributed by atoms with Crippen LogP contribution in [0.4, 0.5) is 27.7 Å². The summed E-state index contributed by atoms with van der Waals surface area (Å²) in [6.45, 7) is 8.57. The number of aliphatic hydroxyl groups is 2. The molecule has 8 rings (SSSR count). The number of halogens is 1. The Balaban J connectivity index is 0.966. The third-order valence-corrected chi connectivity index (χ3v) is 12.2. The molecule has 5 N–H and O–H groups in total. The zero-order chi connectivity index (χ0) is 45.5. The Kier molecular flexibility index (Phi) is 11.9. The Labute approximate surface area is 368 Å². The van der Waals surface area contributed by atoms with E-state index in [1.807, 2.05) is 44.7 Å². The molecule has 1 fully saturated rings. The number of fused-ring (bicyclic) bond motifs is 2. The standard InChI is InChI=1S/C42H47FN14O6S/c1-25(2)63-36-35(26-20-46-47-21-26)45-23-56-39(36)50-40(52-56)48-32-12-10-29(19-31(32)43)64(62)28-9-7-8-27(18-28)42(60,61)57-17-16-54(22-41(57,3)4)33-13-11-30-37(49-33)53(6)51-38(30)55(24-58)15-14-34(59)44-5/h7-13,18-21,23-25,60-61H,14-17,22H2,1-6H3,(H,44,59)(H,46,47)(H,48,52). The fourth-order valence-corrected chi connectivity index (χ4v) is 8.85. The minimum absolute atomic E-state index is 0.0325. The number of aromatic amines is 1. The van der Waals surface area contributed by atoms with Gasteiger partial charge in [-0.3, -0.25) is 19.6 Å². The van der Waals surface area contributed by atoms with Crippen molar-refractivity contribution in [1.29, 1.82) is 0 Å². The number of aryl methyl sites for hydroxylation is 1.